The van der Waals surface area contributed by atoms with Gasteiger partial charge in [-0.2, -0.15) is 13.8 Å². The van der Waals surface area contributed by atoms with E-state index in [1.165, 1.54) is 0 Å². The quantitative estimate of drug-likeness (QED) is 0.533. The second-order valence-corrected chi connectivity index (χ2v) is 2.16. The first kappa shape index (κ1) is 9.76. The monoisotopic (exact) mass is 195 g/mol. The molecule has 2 nitrogen and oxygen atoms in total. The van der Waals surface area contributed by atoms with E-state index in [0.717, 1.165) is 7.11 Å². The van der Waals surface area contributed by atoms with E-state index >= 15 is 0 Å². The van der Waals surface area contributed by atoms with E-state index in [1.54, 1.807) is 0 Å². The lowest BCUT2D eigenvalue weighted by atomic mass is 10.2. The normalized spacial score (nSPS) is 10.6. The molecular formula is C7H5F4NO. The summed E-state index contributed by atoms with van der Waals surface area (Å²) in [5.41, 5.74) is -0.840. The van der Waals surface area contributed by atoms with E-state index in [0.29, 0.717) is 6.07 Å². The van der Waals surface area contributed by atoms with Crippen LogP contribution in [0.25, 0.3) is 0 Å². The number of nitrogens with zero attached hydrogens (tertiary/aromatic N) is 1. The van der Waals surface area contributed by atoms with E-state index < -0.39 is 29.6 Å². The summed E-state index contributed by atoms with van der Waals surface area (Å²) in [7, 11) is 1.00. The number of halogens is 4. The molecule has 13 heavy (non-hydrogen) atoms. The first-order valence-corrected chi connectivity index (χ1v) is 3.24. The van der Waals surface area contributed by atoms with Crippen LogP contribution in [0.1, 0.15) is 12.0 Å². The molecule has 0 N–H and O–H groups in total. The van der Waals surface area contributed by atoms with Gasteiger partial charge in [-0.3, -0.25) is 0 Å². The first-order valence-electron chi connectivity index (χ1n) is 3.24. The number of hydrogen-bond acceptors (Lipinski definition) is 2. The maximum absolute atomic E-state index is 12.7. The van der Waals surface area contributed by atoms with Crippen LogP contribution in [-0.2, 0) is 0 Å². The lowest BCUT2D eigenvalue weighted by Gasteiger charge is -2.07. The molecule has 0 amide bonds. The highest BCUT2D eigenvalue weighted by molar-refractivity contribution is 5.32. The van der Waals surface area contributed by atoms with Crippen LogP contribution < -0.4 is 4.74 Å². The summed E-state index contributed by atoms with van der Waals surface area (Å²) in [6, 6.07) is 0.437. The predicted molar refractivity (Wildman–Crippen MR) is 35.7 cm³/mol. The van der Waals surface area contributed by atoms with Gasteiger partial charge in [0.2, 0.25) is 5.95 Å². The zero-order valence-corrected chi connectivity index (χ0v) is 6.52. The van der Waals surface area contributed by atoms with E-state index in [1.807, 2.05) is 0 Å². The number of ether oxygens (including phenoxy) is 1. The zero-order valence-electron chi connectivity index (χ0n) is 6.52. The maximum atomic E-state index is 12.7. The van der Waals surface area contributed by atoms with Crippen molar-refractivity contribution in [2.45, 2.75) is 6.43 Å². The molecule has 0 radical (unpaired) electrons. The predicted octanol–water partition coefficient (Wildman–Crippen LogP) is 2.31. The van der Waals surface area contributed by atoms with Gasteiger partial charge in [-0.25, -0.2) is 8.78 Å². The standard InChI is InChI=1S/C7H5F4NO/c1-13-5-3(6(9)10)2-4(8)12-7(5)11/h2,6H,1H3. The number of alkyl halides is 2. The fourth-order valence-electron chi connectivity index (χ4n) is 0.854. The summed E-state index contributed by atoms with van der Waals surface area (Å²) in [4.78, 5) is 2.70. The van der Waals surface area contributed by atoms with Gasteiger partial charge in [0.1, 0.15) is 0 Å². The minimum absolute atomic E-state index is 0.437. The molecular weight excluding hydrogens is 190 g/mol. The largest absolute Gasteiger partial charge is 0.492 e. The highest BCUT2D eigenvalue weighted by Crippen LogP contribution is 2.30. The van der Waals surface area contributed by atoms with Crippen LogP contribution in [0.4, 0.5) is 17.6 Å². The Balaban J connectivity index is 3.29. The number of rotatable bonds is 2. The summed E-state index contributed by atoms with van der Waals surface area (Å²) < 4.78 is 53.6. The van der Waals surface area contributed by atoms with E-state index in [4.69, 9.17) is 0 Å². The third-order valence-electron chi connectivity index (χ3n) is 1.37. The Morgan fingerprint density at radius 3 is 2.46 bits per heavy atom. The van der Waals surface area contributed by atoms with E-state index in [-0.39, 0.29) is 0 Å². The molecule has 0 unspecified atom stereocenters. The number of hydrogen-bond donors (Lipinski definition) is 0. The third-order valence-corrected chi connectivity index (χ3v) is 1.37. The summed E-state index contributed by atoms with van der Waals surface area (Å²) in [6.45, 7) is 0. The molecule has 0 fully saturated rings. The minimum Gasteiger partial charge on any atom is -0.492 e. The van der Waals surface area contributed by atoms with Gasteiger partial charge in [-0.15, -0.1) is 0 Å². The molecule has 1 aromatic heterocycles. The summed E-state index contributed by atoms with van der Waals surface area (Å²) >= 11 is 0. The zero-order chi connectivity index (χ0) is 10.0. The van der Waals surface area contributed by atoms with Crippen LogP contribution in [0.15, 0.2) is 6.07 Å². The molecule has 0 bridgehead atoms. The summed E-state index contributed by atoms with van der Waals surface area (Å²) in [5, 5.41) is 0. The highest BCUT2D eigenvalue weighted by Gasteiger charge is 2.20. The molecule has 1 rings (SSSR count). The minimum atomic E-state index is -3.00. The van der Waals surface area contributed by atoms with Gasteiger partial charge in [0.25, 0.3) is 12.4 Å². The smallest absolute Gasteiger partial charge is 0.267 e. The Kier molecular flexibility index (Phi) is 2.69. The van der Waals surface area contributed by atoms with Gasteiger partial charge in [0, 0.05) is 6.07 Å². The number of aromatic nitrogens is 1. The van der Waals surface area contributed by atoms with Gasteiger partial charge < -0.3 is 4.74 Å². The van der Waals surface area contributed by atoms with Crippen LogP contribution in [0, 0.1) is 11.9 Å². The second-order valence-electron chi connectivity index (χ2n) is 2.16. The van der Waals surface area contributed by atoms with Crippen LogP contribution >= 0.6 is 0 Å². The molecule has 0 aliphatic rings. The number of pyridine rings is 1. The Morgan fingerprint density at radius 2 is 2.00 bits per heavy atom. The summed E-state index contributed by atoms with van der Waals surface area (Å²) in [5.74, 6) is -3.40. The van der Waals surface area contributed by atoms with Crippen LogP contribution in [0.2, 0.25) is 0 Å². The van der Waals surface area contributed by atoms with Crippen LogP contribution in [-0.4, -0.2) is 12.1 Å². The fraction of sp³-hybridized carbons (Fsp3) is 0.286. The Bertz CT molecular complexity index is 316. The number of methoxy groups -OCH3 is 1. The first-order chi connectivity index (χ1) is 6.06. The van der Waals surface area contributed by atoms with Crippen molar-refractivity contribution in [1.29, 1.82) is 0 Å². The topological polar surface area (TPSA) is 22.1 Å². The van der Waals surface area contributed by atoms with Crippen molar-refractivity contribution in [3.05, 3.63) is 23.5 Å². The van der Waals surface area contributed by atoms with E-state index in [9.17, 15) is 17.6 Å². The average molecular weight is 195 g/mol. The van der Waals surface area contributed by atoms with Crippen molar-refractivity contribution in [2.24, 2.45) is 0 Å². The van der Waals surface area contributed by atoms with Crippen LogP contribution in [0.3, 0.4) is 0 Å². The summed E-state index contributed by atoms with van der Waals surface area (Å²) in [6.07, 6.45) is -3.00. The molecule has 0 aliphatic heterocycles. The van der Waals surface area contributed by atoms with Crippen molar-refractivity contribution in [3.8, 4) is 5.75 Å². The lowest BCUT2D eigenvalue weighted by molar-refractivity contribution is 0.144. The molecule has 6 heteroatoms. The molecule has 72 valence electrons. The molecule has 1 aromatic rings. The van der Waals surface area contributed by atoms with Gasteiger partial charge in [0.05, 0.1) is 12.7 Å². The van der Waals surface area contributed by atoms with Crippen LogP contribution in [0.5, 0.6) is 5.75 Å². The van der Waals surface area contributed by atoms with Gasteiger partial charge in [-0.05, 0) is 0 Å². The van der Waals surface area contributed by atoms with Crippen molar-refractivity contribution in [3.63, 3.8) is 0 Å². The molecule has 0 saturated carbocycles. The van der Waals surface area contributed by atoms with Gasteiger partial charge in [0.15, 0.2) is 5.75 Å². The molecule has 0 spiro atoms. The fourth-order valence-corrected chi connectivity index (χ4v) is 0.854. The van der Waals surface area contributed by atoms with Gasteiger partial charge in [-0.1, -0.05) is 0 Å². The highest BCUT2D eigenvalue weighted by atomic mass is 19.3. The maximum Gasteiger partial charge on any atom is 0.267 e. The molecule has 0 aliphatic carbocycles. The van der Waals surface area contributed by atoms with E-state index in [2.05, 4.69) is 9.72 Å². The Labute approximate surface area is 71.2 Å². The Morgan fingerprint density at radius 1 is 1.38 bits per heavy atom. The third kappa shape index (κ3) is 1.88. The SMILES string of the molecule is COc1c(C(F)F)cc(F)nc1F. The molecule has 1 heterocycles. The van der Waals surface area contributed by atoms with Crippen molar-refractivity contribution in [1.82, 2.24) is 4.98 Å². The van der Waals surface area contributed by atoms with Crippen molar-refractivity contribution in [2.75, 3.05) is 7.11 Å². The van der Waals surface area contributed by atoms with Crippen molar-refractivity contribution >= 4 is 0 Å². The average Bonchev–Trinajstić information content (AvgIpc) is 2.02. The second kappa shape index (κ2) is 3.59. The molecule has 0 atom stereocenters. The lowest BCUT2D eigenvalue weighted by Crippen LogP contribution is -2.00. The van der Waals surface area contributed by atoms with Crippen molar-refractivity contribution < 1.29 is 22.3 Å². The van der Waals surface area contributed by atoms with Gasteiger partial charge >= 0.3 is 0 Å². The molecule has 0 saturated heterocycles. The molecule has 0 aromatic carbocycles. The Hall–Kier alpha value is -1.33.